The molecular formula is C25H31ClFN5O4. The van der Waals surface area contributed by atoms with Gasteiger partial charge in [-0.25, -0.2) is 9.40 Å². The Hall–Kier alpha value is -3.60. The number of ether oxygens (including phenoxy) is 3. The van der Waals surface area contributed by atoms with Crippen LogP contribution in [0.2, 0.25) is 5.02 Å². The fraction of sp³-hybridized carbons (Fsp3) is 0.280. The third-order valence-electron chi connectivity index (χ3n) is 4.94. The van der Waals surface area contributed by atoms with Crippen LogP contribution in [-0.2, 0) is 4.74 Å². The molecule has 0 unspecified atom stereocenters. The fourth-order valence-corrected chi connectivity index (χ4v) is 3.61. The molecule has 0 atom stereocenters. The number of carbonyl (C=O) groups is 1. The van der Waals surface area contributed by atoms with E-state index in [0.29, 0.717) is 28.1 Å². The Balaban J connectivity index is 0.000000693. The summed E-state index contributed by atoms with van der Waals surface area (Å²) in [5.41, 5.74) is 14.3. The van der Waals surface area contributed by atoms with Gasteiger partial charge in [0.15, 0.2) is 11.6 Å². The van der Waals surface area contributed by atoms with Gasteiger partial charge in [0.25, 0.3) is 5.91 Å². The molecule has 0 saturated carbocycles. The number of benzene rings is 2. The molecule has 1 aliphatic heterocycles. The van der Waals surface area contributed by atoms with Crippen molar-refractivity contribution >= 4 is 34.1 Å². The van der Waals surface area contributed by atoms with Gasteiger partial charge in [-0.2, -0.15) is 0 Å². The highest BCUT2D eigenvalue weighted by atomic mass is 35.5. The van der Waals surface area contributed by atoms with Gasteiger partial charge in [0, 0.05) is 45.0 Å². The smallest absolute Gasteiger partial charge is 0.252 e. The van der Waals surface area contributed by atoms with Crippen LogP contribution in [-0.4, -0.2) is 50.3 Å². The van der Waals surface area contributed by atoms with Gasteiger partial charge in [-0.05, 0) is 43.3 Å². The highest BCUT2D eigenvalue weighted by molar-refractivity contribution is 6.33. The highest BCUT2D eigenvalue weighted by Gasteiger charge is 2.19. The van der Waals surface area contributed by atoms with E-state index in [-0.39, 0.29) is 16.3 Å². The van der Waals surface area contributed by atoms with E-state index in [4.69, 9.17) is 26.8 Å². The Labute approximate surface area is 214 Å². The molecule has 2 heterocycles. The van der Waals surface area contributed by atoms with Crippen LogP contribution < -0.4 is 26.4 Å². The van der Waals surface area contributed by atoms with E-state index in [1.807, 2.05) is 5.01 Å². The number of carbonyl (C=O) groups excluding carboxylic acids is 1. The number of nitrogens with two attached hydrogens (primary N) is 2. The number of nitrogens with zero attached hydrogens (tertiary/aromatic N) is 2. The standard InChI is InChI=1S/C21H20ClFN4O3.C2H5N.C2H6O/c1-29-18-11-15-12(10-13(18)21(24)28)16(6-7-25-15)30-17-5-4-14(19(22)20(17)23)26-27-8-2-3-9-27;1-2-3;1-3-2/h4-7,10-11,26H,2-3,8-9H2,1H3,(H2,24,28);2H,1,3H2;1-2H3. The first kappa shape index (κ1) is 28.6. The second kappa shape index (κ2) is 14.1. The van der Waals surface area contributed by atoms with Crippen molar-refractivity contribution in [1.82, 2.24) is 9.99 Å². The summed E-state index contributed by atoms with van der Waals surface area (Å²) in [6.07, 6.45) is 4.94. The normalized spacial score (nSPS) is 12.6. The number of methoxy groups -OCH3 is 2. The number of aromatic nitrogens is 1. The van der Waals surface area contributed by atoms with E-state index in [0.717, 1.165) is 25.9 Å². The van der Waals surface area contributed by atoms with Gasteiger partial charge in [-0.3, -0.25) is 9.78 Å². The summed E-state index contributed by atoms with van der Waals surface area (Å²) in [4.78, 5) is 16.0. The third kappa shape index (κ3) is 7.20. The molecule has 194 valence electrons. The van der Waals surface area contributed by atoms with Crippen LogP contribution in [0, 0.1) is 5.82 Å². The zero-order chi connectivity index (χ0) is 26.7. The SMILES string of the molecule is C=CN.COC.COc1cc2nccc(Oc3ccc(NN4CCCC4)c(Cl)c3F)c2cc1C(N)=O. The number of primary amides is 1. The lowest BCUT2D eigenvalue weighted by Gasteiger charge is -2.19. The minimum Gasteiger partial charge on any atom is -0.496 e. The summed E-state index contributed by atoms with van der Waals surface area (Å²) in [5.74, 6) is -0.785. The maximum atomic E-state index is 14.9. The van der Waals surface area contributed by atoms with Gasteiger partial charge in [-0.15, -0.1) is 0 Å². The number of nitrogens with one attached hydrogen (secondary N) is 1. The molecule has 1 amide bonds. The summed E-state index contributed by atoms with van der Waals surface area (Å²) in [6.45, 7) is 4.90. The van der Waals surface area contributed by atoms with E-state index in [1.165, 1.54) is 31.6 Å². The van der Waals surface area contributed by atoms with Crippen LogP contribution in [0.3, 0.4) is 0 Å². The Bertz CT molecular complexity index is 1190. The monoisotopic (exact) mass is 519 g/mol. The van der Waals surface area contributed by atoms with Crippen molar-refractivity contribution in [3.8, 4) is 17.2 Å². The highest BCUT2D eigenvalue weighted by Crippen LogP contribution is 2.37. The number of rotatable bonds is 6. The molecule has 36 heavy (non-hydrogen) atoms. The number of hydrogen-bond donors (Lipinski definition) is 3. The van der Waals surface area contributed by atoms with Crippen molar-refractivity contribution in [2.24, 2.45) is 11.5 Å². The fourth-order valence-electron chi connectivity index (χ4n) is 3.41. The van der Waals surface area contributed by atoms with Crippen LogP contribution in [0.15, 0.2) is 49.3 Å². The molecule has 1 saturated heterocycles. The third-order valence-corrected chi connectivity index (χ3v) is 5.31. The van der Waals surface area contributed by atoms with Crippen molar-refractivity contribution in [2.45, 2.75) is 12.8 Å². The first-order valence-electron chi connectivity index (χ1n) is 11.0. The summed E-state index contributed by atoms with van der Waals surface area (Å²) >= 11 is 6.23. The summed E-state index contributed by atoms with van der Waals surface area (Å²) in [5, 5.41) is 2.43. The maximum absolute atomic E-state index is 14.9. The van der Waals surface area contributed by atoms with Crippen LogP contribution in [0.5, 0.6) is 17.2 Å². The van der Waals surface area contributed by atoms with Crippen molar-refractivity contribution in [1.29, 1.82) is 0 Å². The van der Waals surface area contributed by atoms with Gasteiger partial charge in [0.2, 0.25) is 0 Å². The lowest BCUT2D eigenvalue weighted by Crippen LogP contribution is -2.26. The van der Waals surface area contributed by atoms with Crippen LogP contribution in [0.4, 0.5) is 10.1 Å². The molecule has 0 spiro atoms. The summed E-state index contributed by atoms with van der Waals surface area (Å²) in [6, 6.07) is 7.84. The number of hydrogen-bond acceptors (Lipinski definition) is 8. The summed E-state index contributed by atoms with van der Waals surface area (Å²) in [7, 11) is 4.68. The van der Waals surface area contributed by atoms with E-state index >= 15 is 0 Å². The first-order chi connectivity index (χ1) is 17.3. The molecule has 1 aliphatic rings. The largest absolute Gasteiger partial charge is 0.496 e. The minimum atomic E-state index is -0.686. The molecular weight excluding hydrogens is 489 g/mol. The number of halogens is 2. The second-order valence-corrected chi connectivity index (χ2v) is 7.91. The number of anilines is 1. The molecule has 5 N–H and O–H groups in total. The molecule has 1 aromatic heterocycles. The van der Waals surface area contributed by atoms with Crippen molar-refractivity contribution in [3.05, 3.63) is 65.7 Å². The Kier molecular flexibility index (Phi) is 11.2. The van der Waals surface area contributed by atoms with Crippen LogP contribution in [0.25, 0.3) is 10.9 Å². The quantitative estimate of drug-likeness (QED) is 0.428. The lowest BCUT2D eigenvalue weighted by molar-refractivity contribution is 0.0997. The molecule has 0 aliphatic carbocycles. The second-order valence-electron chi connectivity index (χ2n) is 7.53. The van der Waals surface area contributed by atoms with Crippen LogP contribution >= 0.6 is 11.6 Å². The van der Waals surface area contributed by atoms with Crippen molar-refractivity contribution in [3.63, 3.8) is 0 Å². The molecule has 1 fully saturated rings. The van der Waals surface area contributed by atoms with Gasteiger partial charge in [0.1, 0.15) is 16.5 Å². The van der Waals surface area contributed by atoms with Gasteiger partial charge < -0.3 is 31.1 Å². The zero-order valence-electron chi connectivity index (χ0n) is 20.5. The molecule has 0 radical (unpaired) electrons. The molecule has 0 bridgehead atoms. The van der Waals surface area contributed by atoms with Crippen molar-refractivity contribution < 1.29 is 23.4 Å². The molecule has 3 aromatic rings. The number of amides is 1. The Morgan fingerprint density at radius 2 is 1.81 bits per heavy atom. The predicted octanol–water partition coefficient (Wildman–Crippen LogP) is 4.70. The Morgan fingerprint density at radius 3 is 2.39 bits per heavy atom. The number of pyridine rings is 1. The average molecular weight is 520 g/mol. The van der Waals surface area contributed by atoms with E-state index in [1.54, 1.807) is 32.4 Å². The van der Waals surface area contributed by atoms with E-state index in [2.05, 4.69) is 27.5 Å². The van der Waals surface area contributed by atoms with Crippen molar-refractivity contribution in [2.75, 3.05) is 39.8 Å². The topological polar surface area (TPSA) is 125 Å². The first-order valence-corrected chi connectivity index (χ1v) is 11.4. The molecule has 11 heteroatoms. The molecule has 9 nitrogen and oxygen atoms in total. The number of hydrazine groups is 1. The zero-order valence-corrected chi connectivity index (χ0v) is 21.3. The van der Waals surface area contributed by atoms with Gasteiger partial charge in [0.05, 0.1) is 23.9 Å². The van der Waals surface area contributed by atoms with E-state index < -0.39 is 11.7 Å². The number of fused-ring (bicyclic) bond motifs is 1. The lowest BCUT2D eigenvalue weighted by atomic mass is 10.1. The van der Waals surface area contributed by atoms with E-state index in [9.17, 15) is 9.18 Å². The predicted molar refractivity (Wildman–Crippen MR) is 140 cm³/mol. The molecule has 2 aromatic carbocycles. The average Bonchev–Trinajstić information content (AvgIpc) is 3.37. The molecule has 4 rings (SSSR count). The van der Waals surface area contributed by atoms with Gasteiger partial charge in [-0.1, -0.05) is 18.2 Å². The Morgan fingerprint density at radius 1 is 1.17 bits per heavy atom. The summed E-state index contributed by atoms with van der Waals surface area (Å²) < 4.78 is 30.2. The maximum Gasteiger partial charge on any atom is 0.252 e. The minimum absolute atomic E-state index is 0.0454. The van der Waals surface area contributed by atoms with Gasteiger partial charge >= 0.3 is 0 Å². The van der Waals surface area contributed by atoms with Crippen LogP contribution in [0.1, 0.15) is 23.2 Å².